The van der Waals surface area contributed by atoms with Gasteiger partial charge >= 0.3 is 17.9 Å². The van der Waals surface area contributed by atoms with Gasteiger partial charge in [0.05, 0.1) is 0 Å². The van der Waals surface area contributed by atoms with Crippen LogP contribution < -0.4 is 0 Å². The number of unbranched alkanes of at least 4 members (excludes halogenated alkanes) is 19. The summed E-state index contributed by atoms with van der Waals surface area (Å²) in [5.74, 6) is -0.941. The maximum Gasteiger partial charge on any atom is 0.306 e. The third kappa shape index (κ3) is 43.6. The van der Waals surface area contributed by atoms with Crippen molar-refractivity contribution in [1.29, 1.82) is 0 Å². The fourth-order valence-corrected chi connectivity index (χ4v) is 6.04. The van der Waals surface area contributed by atoms with E-state index in [1.807, 2.05) is 36.5 Å². The van der Waals surface area contributed by atoms with Crippen molar-refractivity contribution in [3.05, 3.63) is 85.1 Å². The Balaban J connectivity index is 4.42. The lowest BCUT2D eigenvalue weighted by molar-refractivity contribution is -0.167. The van der Waals surface area contributed by atoms with Crippen LogP contribution in [0, 0.1) is 0 Å². The number of rotatable bonds is 40. The van der Waals surface area contributed by atoms with Gasteiger partial charge in [0.25, 0.3) is 0 Å². The summed E-state index contributed by atoms with van der Waals surface area (Å²) in [4.78, 5) is 37.7. The Morgan fingerprint density at radius 1 is 0.386 bits per heavy atom. The number of carbonyl (C=O) groups is 3. The number of allylic oxidation sites excluding steroid dienone is 14. The molecule has 0 fully saturated rings. The zero-order chi connectivity index (χ0) is 41.5. The number of ether oxygens (including phenoxy) is 3. The van der Waals surface area contributed by atoms with Gasteiger partial charge in [-0.3, -0.25) is 14.4 Å². The maximum atomic E-state index is 12.7. The van der Waals surface area contributed by atoms with Crippen molar-refractivity contribution in [1.82, 2.24) is 0 Å². The molecule has 6 heteroatoms. The summed E-state index contributed by atoms with van der Waals surface area (Å²) in [7, 11) is 0. The average molecular weight is 793 g/mol. The quantitative estimate of drug-likeness (QED) is 0.0202. The molecule has 0 saturated carbocycles. The molecule has 0 rings (SSSR count). The van der Waals surface area contributed by atoms with Crippen molar-refractivity contribution in [2.45, 2.75) is 207 Å². The smallest absolute Gasteiger partial charge is 0.306 e. The van der Waals surface area contributed by atoms with Gasteiger partial charge < -0.3 is 14.2 Å². The summed E-state index contributed by atoms with van der Waals surface area (Å²) in [6, 6.07) is 0. The van der Waals surface area contributed by atoms with Crippen LogP contribution in [-0.2, 0) is 28.6 Å². The van der Waals surface area contributed by atoms with E-state index in [0.717, 1.165) is 116 Å². The van der Waals surface area contributed by atoms with E-state index in [1.165, 1.54) is 44.9 Å². The monoisotopic (exact) mass is 793 g/mol. The average Bonchev–Trinajstić information content (AvgIpc) is 3.21. The third-order valence-electron chi connectivity index (χ3n) is 9.49. The Bertz CT molecular complexity index is 1140. The first kappa shape index (κ1) is 53.6. The van der Waals surface area contributed by atoms with E-state index in [1.54, 1.807) is 0 Å². The highest BCUT2D eigenvalue weighted by molar-refractivity contribution is 5.71. The third-order valence-corrected chi connectivity index (χ3v) is 9.49. The van der Waals surface area contributed by atoms with E-state index >= 15 is 0 Å². The van der Waals surface area contributed by atoms with Crippen molar-refractivity contribution in [2.24, 2.45) is 0 Å². The number of hydrogen-bond donors (Lipinski definition) is 0. The summed E-state index contributed by atoms with van der Waals surface area (Å²) in [6.45, 7) is 6.36. The molecule has 324 valence electrons. The Morgan fingerprint density at radius 2 is 0.789 bits per heavy atom. The predicted molar refractivity (Wildman–Crippen MR) is 242 cm³/mol. The maximum absolute atomic E-state index is 12.7. The minimum Gasteiger partial charge on any atom is -0.462 e. The molecule has 0 heterocycles. The molecule has 6 nitrogen and oxygen atoms in total. The highest BCUT2D eigenvalue weighted by atomic mass is 16.6. The number of hydrogen-bond acceptors (Lipinski definition) is 6. The van der Waals surface area contributed by atoms with Crippen molar-refractivity contribution in [2.75, 3.05) is 13.2 Å². The second-order valence-electron chi connectivity index (χ2n) is 15.1. The molecule has 0 aromatic carbocycles. The largest absolute Gasteiger partial charge is 0.462 e. The molecule has 0 aromatic rings. The summed E-state index contributed by atoms with van der Waals surface area (Å²) in [6.07, 6.45) is 57.0. The molecule has 0 radical (unpaired) electrons. The molecule has 1 unspecified atom stereocenters. The van der Waals surface area contributed by atoms with Gasteiger partial charge in [-0.05, 0) is 64.2 Å². The molecular weight excluding hydrogens is 709 g/mol. The van der Waals surface area contributed by atoms with Crippen molar-refractivity contribution >= 4 is 17.9 Å². The lowest BCUT2D eigenvalue weighted by atomic mass is 10.1. The second kappa shape index (κ2) is 45.3. The van der Waals surface area contributed by atoms with E-state index in [2.05, 4.69) is 69.4 Å². The topological polar surface area (TPSA) is 78.9 Å². The highest BCUT2D eigenvalue weighted by Gasteiger charge is 2.19. The predicted octanol–water partition coefficient (Wildman–Crippen LogP) is 14.9. The van der Waals surface area contributed by atoms with E-state index < -0.39 is 6.10 Å². The Morgan fingerprint density at radius 3 is 1.28 bits per heavy atom. The Hall–Kier alpha value is -3.41. The molecule has 0 aliphatic rings. The van der Waals surface area contributed by atoms with Crippen LogP contribution in [0.25, 0.3) is 0 Å². The molecule has 0 aliphatic heterocycles. The summed E-state index contributed by atoms with van der Waals surface area (Å²) < 4.78 is 16.7. The van der Waals surface area contributed by atoms with Crippen LogP contribution in [0.3, 0.4) is 0 Å². The number of carbonyl (C=O) groups excluding carboxylic acids is 3. The van der Waals surface area contributed by atoms with E-state index in [-0.39, 0.29) is 31.1 Å². The van der Waals surface area contributed by atoms with E-state index in [0.29, 0.717) is 19.3 Å². The fraction of sp³-hybridized carbons (Fsp3) is 0.667. The summed E-state index contributed by atoms with van der Waals surface area (Å²) >= 11 is 0. The lowest BCUT2D eigenvalue weighted by Gasteiger charge is -2.18. The van der Waals surface area contributed by atoms with Gasteiger partial charge in [0.1, 0.15) is 13.2 Å². The molecule has 0 bridgehead atoms. The molecule has 0 spiro atoms. The summed E-state index contributed by atoms with van der Waals surface area (Å²) in [5.41, 5.74) is 0. The highest BCUT2D eigenvalue weighted by Crippen LogP contribution is 2.13. The van der Waals surface area contributed by atoms with Gasteiger partial charge in [-0.15, -0.1) is 0 Å². The van der Waals surface area contributed by atoms with Gasteiger partial charge in [0.15, 0.2) is 6.10 Å². The lowest BCUT2D eigenvalue weighted by Crippen LogP contribution is -2.30. The fourth-order valence-electron chi connectivity index (χ4n) is 6.04. The van der Waals surface area contributed by atoms with Crippen LogP contribution in [0.5, 0.6) is 0 Å². The summed E-state index contributed by atoms with van der Waals surface area (Å²) in [5, 5.41) is 0. The first-order valence-electron chi connectivity index (χ1n) is 23.2. The van der Waals surface area contributed by atoms with Crippen molar-refractivity contribution < 1.29 is 28.6 Å². The van der Waals surface area contributed by atoms with Gasteiger partial charge in [-0.1, -0.05) is 202 Å². The molecule has 57 heavy (non-hydrogen) atoms. The molecule has 0 saturated heterocycles. The van der Waals surface area contributed by atoms with Crippen LogP contribution >= 0.6 is 0 Å². The van der Waals surface area contributed by atoms with Crippen LogP contribution in [0.15, 0.2) is 85.1 Å². The Kier molecular flexibility index (Phi) is 42.6. The molecule has 0 N–H and O–H groups in total. The zero-order valence-corrected chi connectivity index (χ0v) is 36.8. The van der Waals surface area contributed by atoms with Gasteiger partial charge in [0, 0.05) is 19.3 Å². The van der Waals surface area contributed by atoms with Crippen LogP contribution in [0.1, 0.15) is 201 Å². The van der Waals surface area contributed by atoms with Crippen molar-refractivity contribution in [3.8, 4) is 0 Å². The molecule has 0 aromatic heterocycles. The Labute approximate surface area is 350 Å². The van der Waals surface area contributed by atoms with Gasteiger partial charge in [0.2, 0.25) is 0 Å². The standard InChI is InChI=1S/C51H84O6/c1-4-7-10-13-16-19-21-23-24-25-26-27-28-30-32-35-38-41-44-50(53)56-47-48(46-55-49(52)43-40-37-34-31-18-15-12-9-6-3)57-51(54)45-42-39-36-33-29-22-20-17-14-11-8-5-2/h8,10-11,13,16-17,19-21,23-27,48H,4-7,9,12,14-15,18,22,28-47H2,1-3H3/b11-8-,13-10-,19-16-,20-17-,23-21-,25-24-,27-26-. The second-order valence-corrected chi connectivity index (χ2v) is 15.1. The van der Waals surface area contributed by atoms with Crippen LogP contribution in [0.4, 0.5) is 0 Å². The zero-order valence-electron chi connectivity index (χ0n) is 36.8. The SMILES string of the molecule is CC/C=C\C/C=C\CCCCCCCC(=O)OC(COC(=O)CCCCCCC\C=C/C=C\C=C/C=C\C=C/CCC)COC(=O)CCCCCCCCCCC. The number of esters is 3. The van der Waals surface area contributed by atoms with Gasteiger partial charge in [-0.25, -0.2) is 0 Å². The first-order chi connectivity index (χ1) is 28.0. The minimum atomic E-state index is -0.791. The normalized spacial score (nSPS) is 12.8. The van der Waals surface area contributed by atoms with E-state index in [4.69, 9.17) is 14.2 Å². The molecule has 0 amide bonds. The van der Waals surface area contributed by atoms with E-state index in [9.17, 15) is 14.4 Å². The molecule has 1 atom stereocenters. The first-order valence-corrected chi connectivity index (χ1v) is 23.2. The van der Waals surface area contributed by atoms with Crippen molar-refractivity contribution in [3.63, 3.8) is 0 Å². The van der Waals surface area contributed by atoms with Crippen LogP contribution in [0.2, 0.25) is 0 Å². The van der Waals surface area contributed by atoms with Crippen LogP contribution in [-0.4, -0.2) is 37.2 Å². The minimum absolute atomic E-state index is 0.0909. The molecular formula is C51H84O6. The molecule has 0 aliphatic carbocycles. The van der Waals surface area contributed by atoms with Gasteiger partial charge in [-0.2, -0.15) is 0 Å².